The number of nitro benzene ring substituents is 1. The first-order valence-corrected chi connectivity index (χ1v) is 9.86. The molecular weight excluding hydrogens is 404 g/mol. The van der Waals surface area contributed by atoms with Gasteiger partial charge in [0, 0.05) is 31.9 Å². The second-order valence-corrected chi connectivity index (χ2v) is 7.38. The van der Waals surface area contributed by atoms with Crippen molar-refractivity contribution in [2.45, 2.75) is 17.4 Å². The molecule has 0 unspecified atom stereocenters. The van der Waals surface area contributed by atoms with Crippen LogP contribution in [0.1, 0.15) is 6.42 Å². The number of hydrogen-bond donors (Lipinski definition) is 2. The van der Waals surface area contributed by atoms with Crippen LogP contribution in [-0.2, 0) is 24.4 Å². The quantitative estimate of drug-likeness (QED) is 0.150. The fourth-order valence-corrected chi connectivity index (χ4v) is 4.02. The van der Waals surface area contributed by atoms with Crippen LogP contribution in [0.3, 0.4) is 0 Å². The molecule has 0 saturated heterocycles. The highest BCUT2D eigenvalue weighted by molar-refractivity contribution is 7.89. The standard InChI is InChI=1S/C17H24N4O7S/c1-3-10-28-21(15(12-18)13(17(19)22)7-6-11-27-2)29(25,26)16-9-5-4-8-14(16)20(23)24/h3-5,7-9,15H,1,6,10-12,18H2,2H3,(H2,19,22)/b13-7+/t15-/m0/s1. The molecule has 0 spiro atoms. The number of rotatable bonds is 13. The molecule has 0 aromatic heterocycles. The first-order chi connectivity index (χ1) is 13.7. The van der Waals surface area contributed by atoms with Gasteiger partial charge in [0.05, 0.1) is 17.6 Å². The molecule has 0 aliphatic rings. The summed E-state index contributed by atoms with van der Waals surface area (Å²) >= 11 is 0. The predicted molar refractivity (Wildman–Crippen MR) is 105 cm³/mol. The summed E-state index contributed by atoms with van der Waals surface area (Å²) in [6, 6.07) is 3.43. The average Bonchev–Trinajstić information content (AvgIpc) is 2.68. The Morgan fingerprint density at radius 1 is 1.41 bits per heavy atom. The maximum Gasteiger partial charge on any atom is 0.289 e. The van der Waals surface area contributed by atoms with E-state index >= 15 is 0 Å². The number of methoxy groups -OCH3 is 1. The highest BCUT2D eigenvalue weighted by Crippen LogP contribution is 2.29. The topological polar surface area (TPSA) is 168 Å². The maximum atomic E-state index is 13.2. The van der Waals surface area contributed by atoms with Crippen LogP contribution in [0.5, 0.6) is 0 Å². The van der Waals surface area contributed by atoms with Crippen LogP contribution in [-0.4, -0.2) is 56.6 Å². The van der Waals surface area contributed by atoms with Crippen molar-refractivity contribution in [1.82, 2.24) is 4.47 Å². The number of hydroxylamine groups is 1. The van der Waals surface area contributed by atoms with Crippen molar-refractivity contribution >= 4 is 21.6 Å². The van der Waals surface area contributed by atoms with Crippen molar-refractivity contribution in [3.8, 4) is 0 Å². The van der Waals surface area contributed by atoms with Crippen LogP contribution in [0, 0.1) is 10.1 Å². The lowest BCUT2D eigenvalue weighted by Crippen LogP contribution is -2.48. The van der Waals surface area contributed by atoms with E-state index in [9.17, 15) is 23.3 Å². The molecule has 4 N–H and O–H groups in total. The number of nitro groups is 1. The fourth-order valence-electron chi connectivity index (χ4n) is 2.44. The summed E-state index contributed by atoms with van der Waals surface area (Å²) in [6.07, 6.45) is 2.92. The number of amides is 1. The van der Waals surface area contributed by atoms with Crippen LogP contribution in [0.2, 0.25) is 0 Å². The number of benzene rings is 1. The Hall–Kier alpha value is -2.64. The van der Waals surface area contributed by atoms with Gasteiger partial charge in [0.25, 0.3) is 15.7 Å². The average molecular weight is 428 g/mol. The second kappa shape index (κ2) is 11.4. The minimum absolute atomic E-state index is 0.129. The fraction of sp³-hybridized carbons (Fsp3) is 0.353. The van der Waals surface area contributed by atoms with Gasteiger partial charge in [0.2, 0.25) is 5.91 Å². The highest BCUT2D eigenvalue weighted by Gasteiger charge is 2.39. The second-order valence-electron chi connectivity index (χ2n) is 5.63. The third-order valence-electron chi connectivity index (χ3n) is 3.70. The number of carbonyl (C=O) groups is 1. The molecule has 1 aromatic rings. The molecule has 0 fully saturated rings. The van der Waals surface area contributed by atoms with Gasteiger partial charge >= 0.3 is 0 Å². The number of hydrogen-bond acceptors (Lipinski definition) is 8. The van der Waals surface area contributed by atoms with Crippen molar-refractivity contribution in [2.24, 2.45) is 11.5 Å². The lowest BCUT2D eigenvalue weighted by atomic mass is 10.1. The lowest BCUT2D eigenvalue weighted by molar-refractivity contribution is -0.387. The van der Waals surface area contributed by atoms with E-state index in [0.29, 0.717) is 4.47 Å². The Labute approximate surface area is 168 Å². The zero-order valence-electron chi connectivity index (χ0n) is 15.9. The molecule has 0 aliphatic carbocycles. The molecule has 0 aliphatic heterocycles. The molecule has 11 nitrogen and oxygen atoms in total. The molecule has 0 radical (unpaired) electrons. The van der Waals surface area contributed by atoms with Gasteiger partial charge in [-0.15, -0.1) is 6.58 Å². The largest absolute Gasteiger partial charge is 0.384 e. The van der Waals surface area contributed by atoms with Gasteiger partial charge in [-0.25, -0.2) is 8.42 Å². The SMILES string of the molecule is C=CCON([C@@H](CN)/C(=C\CCOC)C(N)=O)S(=O)(=O)c1ccccc1[N+](=O)[O-]. The number of para-hydroxylation sites is 1. The molecule has 29 heavy (non-hydrogen) atoms. The third kappa shape index (κ3) is 6.17. The van der Waals surface area contributed by atoms with Crippen molar-refractivity contribution < 1.29 is 27.7 Å². The summed E-state index contributed by atoms with van der Waals surface area (Å²) in [5, 5.41) is 11.3. The van der Waals surface area contributed by atoms with E-state index in [1.165, 1.54) is 31.4 Å². The number of nitrogens with two attached hydrogens (primary N) is 2. The van der Waals surface area contributed by atoms with Crippen molar-refractivity contribution in [2.75, 3.05) is 26.9 Å². The van der Waals surface area contributed by atoms with E-state index in [0.717, 1.165) is 12.1 Å². The first-order valence-electron chi connectivity index (χ1n) is 8.42. The van der Waals surface area contributed by atoms with Gasteiger partial charge in [0.15, 0.2) is 4.90 Å². The first kappa shape index (κ1) is 24.4. The van der Waals surface area contributed by atoms with E-state index < -0.39 is 37.5 Å². The Morgan fingerprint density at radius 3 is 2.59 bits per heavy atom. The van der Waals surface area contributed by atoms with E-state index in [-0.39, 0.29) is 31.8 Å². The molecule has 1 amide bonds. The van der Waals surface area contributed by atoms with Gasteiger partial charge in [-0.1, -0.05) is 28.8 Å². The third-order valence-corrected chi connectivity index (χ3v) is 5.44. The van der Waals surface area contributed by atoms with Gasteiger partial charge in [0.1, 0.15) is 0 Å². The number of carbonyl (C=O) groups excluding carboxylic acids is 1. The Balaban J connectivity index is 3.57. The van der Waals surface area contributed by atoms with Crippen molar-refractivity contribution in [1.29, 1.82) is 0 Å². The monoisotopic (exact) mass is 428 g/mol. The lowest BCUT2D eigenvalue weighted by Gasteiger charge is -2.29. The van der Waals surface area contributed by atoms with E-state index in [1.54, 1.807) is 0 Å². The number of ether oxygens (including phenoxy) is 1. The zero-order valence-corrected chi connectivity index (χ0v) is 16.7. The van der Waals surface area contributed by atoms with Crippen LogP contribution < -0.4 is 11.5 Å². The summed E-state index contributed by atoms with van der Waals surface area (Å²) in [5.41, 5.74) is 10.4. The summed E-state index contributed by atoms with van der Waals surface area (Å²) in [7, 11) is -3.15. The minimum atomic E-state index is -4.61. The molecule has 0 saturated carbocycles. The van der Waals surface area contributed by atoms with Gasteiger partial charge in [-0.05, 0) is 12.5 Å². The molecular formula is C17H24N4O7S. The number of sulfonamides is 1. The molecule has 0 heterocycles. The molecule has 1 atom stereocenters. The molecule has 160 valence electrons. The predicted octanol–water partition coefficient (Wildman–Crippen LogP) is 0.479. The smallest absolute Gasteiger partial charge is 0.289 e. The van der Waals surface area contributed by atoms with Gasteiger partial charge in [-0.2, -0.15) is 0 Å². The molecule has 12 heteroatoms. The minimum Gasteiger partial charge on any atom is -0.384 e. The van der Waals surface area contributed by atoms with Crippen LogP contribution in [0.25, 0.3) is 0 Å². The molecule has 0 bridgehead atoms. The number of nitrogens with zero attached hydrogens (tertiary/aromatic N) is 2. The van der Waals surface area contributed by atoms with E-state index in [4.69, 9.17) is 21.0 Å². The van der Waals surface area contributed by atoms with E-state index in [2.05, 4.69) is 6.58 Å². The Bertz CT molecular complexity index is 870. The summed E-state index contributed by atoms with van der Waals surface area (Å²) in [4.78, 5) is 27.1. The number of primary amides is 1. The molecule has 1 aromatic carbocycles. The zero-order chi connectivity index (χ0) is 22.0. The van der Waals surface area contributed by atoms with Gasteiger partial charge in [-0.3, -0.25) is 19.7 Å². The maximum absolute atomic E-state index is 13.2. The Morgan fingerprint density at radius 2 is 2.07 bits per heavy atom. The van der Waals surface area contributed by atoms with Crippen LogP contribution in [0.4, 0.5) is 5.69 Å². The summed E-state index contributed by atoms with van der Waals surface area (Å²) in [5.74, 6) is -0.915. The van der Waals surface area contributed by atoms with Crippen LogP contribution in [0.15, 0.2) is 53.5 Å². The normalized spacial score (nSPS) is 13.3. The molecule has 1 rings (SSSR count). The van der Waals surface area contributed by atoms with Crippen LogP contribution >= 0.6 is 0 Å². The van der Waals surface area contributed by atoms with Crippen molar-refractivity contribution in [3.63, 3.8) is 0 Å². The summed E-state index contributed by atoms with van der Waals surface area (Å²) < 4.78 is 31.8. The summed E-state index contributed by atoms with van der Waals surface area (Å²) in [6.45, 7) is 3.06. The Kier molecular flexibility index (Phi) is 9.58. The van der Waals surface area contributed by atoms with Crippen molar-refractivity contribution in [3.05, 3.63) is 58.7 Å². The highest BCUT2D eigenvalue weighted by atomic mass is 32.2. The van der Waals surface area contributed by atoms with Gasteiger partial charge < -0.3 is 16.2 Å². The van der Waals surface area contributed by atoms with E-state index in [1.807, 2.05) is 0 Å².